The Labute approximate surface area is 76.3 Å². The summed E-state index contributed by atoms with van der Waals surface area (Å²) in [6.07, 6.45) is -3.21. The van der Waals surface area contributed by atoms with E-state index in [2.05, 4.69) is 0 Å². The van der Waals surface area contributed by atoms with Crippen molar-refractivity contribution in [3.05, 3.63) is 0 Å². The first-order valence-corrected chi connectivity index (χ1v) is 4.17. The zero-order valence-electron chi connectivity index (χ0n) is 7.64. The number of rotatable bonds is 1. The third kappa shape index (κ3) is 2.40. The summed E-state index contributed by atoms with van der Waals surface area (Å²) in [5, 5.41) is 18.7. The minimum absolute atomic E-state index is 0.0695. The second kappa shape index (κ2) is 4.04. The second-order valence-corrected chi connectivity index (χ2v) is 3.17. The first-order chi connectivity index (χ1) is 6.02. The van der Waals surface area contributed by atoms with Crippen molar-refractivity contribution < 1.29 is 24.5 Å². The lowest BCUT2D eigenvalue weighted by Crippen LogP contribution is -2.53. The van der Waals surface area contributed by atoms with Crippen LogP contribution in [-0.4, -0.2) is 47.2 Å². The minimum atomic E-state index is -1.06. The van der Waals surface area contributed by atoms with Gasteiger partial charge >= 0.3 is 5.97 Å². The molecule has 1 rings (SSSR count). The van der Waals surface area contributed by atoms with Crippen LogP contribution in [-0.2, 0) is 14.3 Å². The van der Waals surface area contributed by atoms with Crippen LogP contribution in [0.5, 0.6) is 0 Å². The van der Waals surface area contributed by atoms with Gasteiger partial charge < -0.3 is 19.7 Å². The number of esters is 1. The van der Waals surface area contributed by atoms with Crippen molar-refractivity contribution >= 4 is 5.97 Å². The van der Waals surface area contributed by atoms with Crippen LogP contribution in [0, 0.1) is 0 Å². The van der Waals surface area contributed by atoms with Crippen LogP contribution >= 0.6 is 0 Å². The van der Waals surface area contributed by atoms with Gasteiger partial charge in [0, 0.05) is 6.92 Å². The number of hydrogen-bond donors (Lipinski definition) is 2. The van der Waals surface area contributed by atoms with Crippen molar-refractivity contribution in [3.63, 3.8) is 0 Å². The molecule has 4 atom stereocenters. The molecule has 1 heterocycles. The molecule has 5 nitrogen and oxygen atoms in total. The third-order valence-electron chi connectivity index (χ3n) is 2.03. The number of aliphatic hydroxyl groups is 2. The van der Waals surface area contributed by atoms with Crippen molar-refractivity contribution in [2.45, 2.75) is 38.3 Å². The van der Waals surface area contributed by atoms with Gasteiger partial charge in [-0.1, -0.05) is 0 Å². The summed E-state index contributed by atoms with van der Waals surface area (Å²) >= 11 is 0. The van der Waals surface area contributed by atoms with E-state index in [0.29, 0.717) is 0 Å². The molecule has 0 aliphatic carbocycles. The van der Waals surface area contributed by atoms with Crippen molar-refractivity contribution in [2.24, 2.45) is 0 Å². The number of ether oxygens (including phenoxy) is 2. The predicted octanol–water partition coefficient (Wildman–Crippen LogP) is -0.941. The summed E-state index contributed by atoms with van der Waals surface area (Å²) in [5.74, 6) is -0.492. The molecular weight excluding hydrogens is 176 g/mol. The van der Waals surface area contributed by atoms with Gasteiger partial charge in [-0.15, -0.1) is 0 Å². The first-order valence-electron chi connectivity index (χ1n) is 4.17. The van der Waals surface area contributed by atoms with Gasteiger partial charge in [-0.25, -0.2) is 0 Å². The Hall–Kier alpha value is -0.650. The molecule has 0 amide bonds. The first kappa shape index (κ1) is 10.4. The van der Waals surface area contributed by atoms with E-state index in [0.717, 1.165) is 0 Å². The molecule has 0 aromatic carbocycles. The summed E-state index contributed by atoms with van der Waals surface area (Å²) in [6, 6.07) is 0. The molecule has 76 valence electrons. The second-order valence-electron chi connectivity index (χ2n) is 3.17. The Morgan fingerprint density at radius 2 is 2.15 bits per heavy atom. The Morgan fingerprint density at radius 3 is 2.69 bits per heavy atom. The maximum atomic E-state index is 10.6. The summed E-state index contributed by atoms with van der Waals surface area (Å²) in [6.45, 7) is 3.00. The summed E-state index contributed by atoms with van der Waals surface area (Å²) in [7, 11) is 0. The molecule has 1 saturated heterocycles. The van der Waals surface area contributed by atoms with Gasteiger partial charge in [0.05, 0.1) is 12.7 Å². The molecule has 1 fully saturated rings. The average Bonchev–Trinajstić information content (AvgIpc) is 2.05. The number of carbonyl (C=O) groups is 1. The van der Waals surface area contributed by atoms with E-state index < -0.39 is 24.3 Å². The van der Waals surface area contributed by atoms with Crippen molar-refractivity contribution in [3.8, 4) is 0 Å². The van der Waals surface area contributed by atoms with E-state index >= 15 is 0 Å². The van der Waals surface area contributed by atoms with E-state index in [1.165, 1.54) is 6.92 Å². The Morgan fingerprint density at radius 1 is 1.54 bits per heavy atom. The monoisotopic (exact) mass is 190 g/mol. The molecule has 0 aromatic heterocycles. The molecule has 1 aliphatic heterocycles. The van der Waals surface area contributed by atoms with Crippen molar-refractivity contribution in [1.29, 1.82) is 0 Å². The molecular formula is C8H14O5. The van der Waals surface area contributed by atoms with Crippen LogP contribution in [0.3, 0.4) is 0 Å². The maximum absolute atomic E-state index is 10.6. The molecule has 13 heavy (non-hydrogen) atoms. The summed E-state index contributed by atoms with van der Waals surface area (Å²) < 4.78 is 9.90. The fourth-order valence-electron chi connectivity index (χ4n) is 1.30. The predicted molar refractivity (Wildman–Crippen MR) is 43.0 cm³/mol. The van der Waals surface area contributed by atoms with Crippen molar-refractivity contribution in [2.75, 3.05) is 6.61 Å². The maximum Gasteiger partial charge on any atom is 0.303 e. The van der Waals surface area contributed by atoms with Crippen LogP contribution in [0.4, 0.5) is 0 Å². The zero-order valence-corrected chi connectivity index (χ0v) is 7.64. The van der Waals surface area contributed by atoms with Crippen LogP contribution < -0.4 is 0 Å². The number of hydrogen-bond acceptors (Lipinski definition) is 5. The van der Waals surface area contributed by atoms with E-state index in [4.69, 9.17) is 9.47 Å². The zero-order chi connectivity index (χ0) is 10.0. The molecule has 1 aliphatic rings. The fraction of sp³-hybridized carbons (Fsp3) is 0.875. The van der Waals surface area contributed by atoms with E-state index in [1.807, 2.05) is 0 Å². The highest BCUT2D eigenvalue weighted by Gasteiger charge is 2.38. The number of carbonyl (C=O) groups excluding carboxylic acids is 1. The molecule has 5 heteroatoms. The van der Waals surface area contributed by atoms with E-state index in [9.17, 15) is 15.0 Å². The average molecular weight is 190 g/mol. The lowest BCUT2D eigenvalue weighted by atomic mass is 10.0. The Balaban J connectivity index is 2.60. The molecule has 4 unspecified atom stereocenters. The van der Waals surface area contributed by atoms with Gasteiger partial charge in [0.1, 0.15) is 12.2 Å². The molecule has 0 spiro atoms. The largest absolute Gasteiger partial charge is 0.457 e. The standard InChI is InChI=1S/C8H14O5/c1-4-8(13-5(2)9)7(11)6(10)3-12-4/h4,6-8,10-11H,3H2,1-2H3. The third-order valence-corrected chi connectivity index (χ3v) is 2.03. The van der Waals surface area contributed by atoms with E-state index in [1.54, 1.807) is 6.92 Å². The van der Waals surface area contributed by atoms with Gasteiger partial charge in [-0.3, -0.25) is 4.79 Å². The SMILES string of the molecule is CC(=O)OC1C(C)OCC(O)C1O. The van der Waals surface area contributed by atoms with Crippen LogP contribution in [0.1, 0.15) is 13.8 Å². The smallest absolute Gasteiger partial charge is 0.303 e. The van der Waals surface area contributed by atoms with Crippen LogP contribution in [0.2, 0.25) is 0 Å². The van der Waals surface area contributed by atoms with E-state index in [-0.39, 0.29) is 12.7 Å². The van der Waals surface area contributed by atoms with Gasteiger partial charge in [0.15, 0.2) is 6.10 Å². The lowest BCUT2D eigenvalue weighted by molar-refractivity contribution is -0.202. The van der Waals surface area contributed by atoms with Gasteiger partial charge in [0.25, 0.3) is 0 Å². The lowest BCUT2D eigenvalue weighted by Gasteiger charge is -2.35. The van der Waals surface area contributed by atoms with Gasteiger partial charge in [-0.2, -0.15) is 0 Å². The van der Waals surface area contributed by atoms with Gasteiger partial charge in [-0.05, 0) is 6.92 Å². The fourth-order valence-corrected chi connectivity index (χ4v) is 1.30. The highest BCUT2D eigenvalue weighted by atomic mass is 16.6. The van der Waals surface area contributed by atoms with Crippen LogP contribution in [0.15, 0.2) is 0 Å². The molecule has 0 radical (unpaired) electrons. The molecule has 0 aromatic rings. The summed E-state index contributed by atoms with van der Waals surface area (Å²) in [5.41, 5.74) is 0. The highest BCUT2D eigenvalue weighted by Crippen LogP contribution is 2.18. The minimum Gasteiger partial charge on any atom is -0.457 e. The van der Waals surface area contributed by atoms with Crippen LogP contribution in [0.25, 0.3) is 0 Å². The summed E-state index contributed by atoms with van der Waals surface area (Å²) in [4.78, 5) is 10.6. The molecule has 0 saturated carbocycles. The molecule has 2 N–H and O–H groups in total. The Bertz CT molecular complexity index is 193. The quantitative estimate of drug-likeness (QED) is 0.522. The van der Waals surface area contributed by atoms with Crippen molar-refractivity contribution in [1.82, 2.24) is 0 Å². The van der Waals surface area contributed by atoms with Gasteiger partial charge in [0.2, 0.25) is 0 Å². The molecule has 0 bridgehead atoms. The normalized spacial score (nSPS) is 40.0. The topological polar surface area (TPSA) is 76.0 Å². The Kier molecular flexibility index (Phi) is 3.24. The highest BCUT2D eigenvalue weighted by molar-refractivity contribution is 5.66. The number of aliphatic hydroxyl groups excluding tert-OH is 2.